The number of carbonyl (C=O) groups is 3. The molecule has 186 valence electrons. The Labute approximate surface area is 198 Å². The smallest absolute Gasteiger partial charge is 0.325 e. The number of rotatable bonds is 6. The van der Waals surface area contributed by atoms with E-state index >= 15 is 0 Å². The van der Waals surface area contributed by atoms with Crippen LogP contribution in [0.4, 0.5) is 10.5 Å². The van der Waals surface area contributed by atoms with Crippen LogP contribution >= 0.6 is 0 Å². The van der Waals surface area contributed by atoms with Crippen LogP contribution in [0.3, 0.4) is 0 Å². The van der Waals surface area contributed by atoms with Crippen molar-refractivity contribution >= 4 is 33.6 Å². The van der Waals surface area contributed by atoms with Gasteiger partial charge in [0.1, 0.15) is 22.7 Å². The highest BCUT2D eigenvalue weighted by Crippen LogP contribution is 2.38. The van der Waals surface area contributed by atoms with Gasteiger partial charge in [-0.25, -0.2) is 13.2 Å². The van der Waals surface area contributed by atoms with Gasteiger partial charge < -0.3 is 20.1 Å². The molecule has 2 saturated heterocycles. The largest absolute Gasteiger partial charge is 0.495 e. The summed E-state index contributed by atoms with van der Waals surface area (Å²) < 4.78 is 38.1. The number of ether oxygens (including phenoxy) is 2. The summed E-state index contributed by atoms with van der Waals surface area (Å²) in [6.07, 6.45) is 3.22. The highest BCUT2D eigenvalue weighted by molar-refractivity contribution is 7.89. The lowest BCUT2D eigenvalue weighted by Gasteiger charge is -2.36. The Hall–Kier alpha value is -2.70. The van der Waals surface area contributed by atoms with Crippen LogP contribution in [0, 0.1) is 5.92 Å². The number of imide groups is 1. The van der Waals surface area contributed by atoms with Crippen LogP contribution in [0.15, 0.2) is 23.1 Å². The van der Waals surface area contributed by atoms with Crippen molar-refractivity contribution in [3.05, 3.63) is 18.2 Å². The van der Waals surface area contributed by atoms with E-state index in [0.29, 0.717) is 19.6 Å². The quantitative estimate of drug-likeness (QED) is 0.567. The summed E-state index contributed by atoms with van der Waals surface area (Å²) in [6.45, 7) is 2.50. The van der Waals surface area contributed by atoms with Gasteiger partial charge >= 0.3 is 6.03 Å². The van der Waals surface area contributed by atoms with Crippen molar-refractivity contribution in [3.8, 4) is 5.75 Å². The molecule has 0 radical (unpaired) electrons. The molecule has 1 aromatic rings. The molecule has 2 unspecified atom stereocenters. The lowest BCUT2D eigenvalue weighted by atomic mass is 9.73. The first kappa shape index (κ1) is 24.4. The maximum Gasteiger partial charge on any atom is 0.325 e. The Bertz CT molecular complexity index is 1090. The number of anilines is 1. The number of morpholine rings is 1. The summed E-state index contributed by atoms with van der Waals surface area (Å²) in [4.78, 5) is 39.2. The standard InChI is InChI=1S/C22H30N4O7S/c1-15-5-3-4-8-22(15)20(28)26(21(29)24-22)14-19(27)23-16-6-7-17(32-2)18(13-16)34(30,31)25-9-11-33-12-10-25/h6-7,13,15H,3-5,8-12,14H2,1-2H3,(H,23,27)(H,24,29). The fourth-order valence-corrected chi connectivity index (χ4v) is 6.45. The van der Waals surface area contributed by atoms with E-state index in [1.165, 1.54) is 29.6 Å². The second-order valence-corrected chi connectivity index (χ2v) is 10.8. The molecule has 2 aliphatic heterocycles. The lowest BCUT2D eigenvalue weighted by molar-refractivity contribution is -0.136. The minimum Gasteiger partial charge on any atom is -0.495 e. The molecule has 34 heavy (non-hydrogen) atoms. The molecular weight excluding hydrogens is 464 g/mol. The summed E-state index contributed by atoms with van der Waals surface area (Å²) in [5, 5.41) is 5.42. The monoisotopic (exact) mass is 494 g/mol. The van der Waals surface area contributed by atoms with E-state index in [-0.39, 0.29) is 41.2 Å². The van der Waals surface area contributed by atoms with E-state index in [9.17, 15) is 22.8 Å². The van der Waals surface area contributed by atoms with Crippen molar-refractivity contribution in [1.29, 1.82) is 0 Å². The van der Waals surface area contributed by atoms with E-state index in [2.05, 4.69) is 10.6 Å². The van der Waals surface area contributed by atoms with Gasteiger partial charge in [-0.1, -0.05) is 19.8 Å². The van der Waals surface area contributed by atoms with Crippen LogP contribution < -0.4 is 15.4 Å². The molecule has 0 aromatic heterocycles. The van der Waals surface area contributed by atoms with Crippen LogP contribution in [-0.4, -0.2) is 81.0 Å². The second-order valence-electron chi connectivity index (χ2n) is 8.87. The normalized spacial score (nSPS) is 25.9. The van der Waals surface area contributed by atoms with Gasteiger partial charge in [0.15, 0.2) is 0 Å². The second kappa shape index (κ2) is 9.51. The van der Waals surface area contributed by atoms with Crippen LogP contribution in [0.1, 0.15) is 32.6 Å². The number of benzene rings is 1. The third-order valence-electron chi connectivity index (χ3n) is 6.84. The van der Waals surface area contributed by atoms with E-state index in [4.69, 9.17) is 9.47 Å². The van der Waals surface area contributed by atoms with Crippen LogP contribution in [0.25, 0.3) is 0 Å². The third-order valence-corrected chi connectivity index (χ3v) is 8.76. The zero-order chi connectivity index (χ0) is 24.5. The van der Waals surface area contributed by atoms with Gasteiger partial charge in [0, 0.05) is 18.8 Å². The molecular formula is C22H30N4O7S. The number of sulfonamides is 1. The molecule has 4 amide bonds. The van der Waals surface area contributed by atoms with Gasteiger partial charge in [-0.3, -0.25) is 14.5 Å². The number of amides is 4. The summed E-state index contributed by atoms with van der Waals surface area (Å²) in [5.74, 6) is -0.860. The minimum atomic E-state index is -3.88. The topological polar surface area (TPSA) is 134 Å². The molecule has 1 saturated carbocycles. The zero-order valence-electron chi connectivity index (χ0n) is 19.3. The van der Waals surface area contributed by atoms with Gasteiger partial charge in [0.05, 0.1) is 20.3 Å². The Morgan fingerprint density at radius 3 is 2.68 bits per heavy atom. The van der Waals surface area contributed by atoms with E-state index in [1.807, 2.05) is 6.92 Å². The van der Waals surface area contributed by atoms with Gasteiger partial charge in [-0.2, -0.15) is 4.31 Å². The number of methoxy groups -OCH3 is 1. The maximum absolute atomic E-state index is 13.1. The third kappa shape index (κ3) is 4.37. The average molecular weight is 495 g/mol. The fourth-order valence-electron chi connectivity index (χ4n) is 4.87. The van der Waals surface area contributed by atoms with Gasteiger partial charge in [-0.15, -0.1) is 0 Å². The molecule has 4 rings (SSSR count). The molecule has 11 nitrogen and oxygen atoms in total. The molecule has 1 aliphatic carbocycles. The molecule has 3 fully saturated rings. The molecule has 12 heteroatoms. The van der Waals surface area contributed by atoms with Crippen molar-refractivity contribution in [2.75, 3.05) is 45.3 Å². The van der Waals surface area contributed by atoms with Gasteiger partial charge in [0.25, 0.3) is 5.91 Å². The molecule has 2 atom stereocenters. The zero-order valence-corrected chi connectivity index (χ0v) is 20.2. The lowest BCUT2D eigenvalue weighted by Crippen LogP contribution is -2.54. The Balaban J connectivity index is 1.50. The molecule has 0 bridgehead atoms. The highest BCUT2D eigenvalue weighted by atomic mass is 32.2. The predicted octanol–water partition coefficient (Wildman–Crippen LogP) is 1.16. The van der Waals surface area contributed by atoms with E-state index in [1.54, 1.807) is 0 Å². The summed E-state index contributed by atoms with van der Waals surface area (Å²) in [6, 6.07) is 3.69. The fraction of sp³-hybridized carbons (Fsp3) is 0.591. The first-order valence-corrected chi connectivity index (χ1v) is 12.8. The summed E-state index contributed by atoms with van der Waals surface area (Å²) in [5.41, 5.74) is -0.736. The van der Waals surface area contributed by atoms with Gasteiger partial charge in [0.2, 0.25) is 15.9 Å². The first-order valence-electron chi connectivity index (χ1n) is 11.4. The van der Waals surface area contributed by atoms with Gasteiger partial charge in [-0.05, 0) is 37.0 Å². The maximum atomic E-state index is 13.1. The minimum absolute atomic E-state index is 0.0136. The van der Waals surface area contributed by atoms with E-state index in [0.717, 1.165) is 24.2 Å². The molecule has 2 heterocycles. The Morgan fingerprint density at radius 2 is 2.00 bits per heavy atom. The predicted molar refractivity (Wildman–Crippen MR) is 122 cm³/mol. The Kier molecular flexibility index (Phi) is 6.83. The SMILES string of the molecule is COc1ccc(NC(=O)CN2C(=O)NC3(CCCCC3C)C2=O)cc1S(=O)(=O)N1CCOCC1. The Morgan fingerprint density at radius 1 is 1.26 bits per heavy atom. The van der Waals surface area contributed by atoms with E-state index < -0.39 is 34.0 Å². The average Bonchev–Trinajstić information content (AvgIpc) is 3.06. The van der Waals surface area contributed by atoms with Crippen LogP contribution in [0.5, 0.6) is 5.75 Å². The molecule has 2 N–H and O–H groups in total. The summed E-state index contributed by atoms with van der Waals surface area (Å²) in [7, 11) is -2.51. The highest BCUT2D eigenvalue weighted by Gasteiger charge is 2.55. The van der Waals surface area contributed by atoms with Crippen LogP contribution in [0.2, 0.25) is 0 Å². The number of hydrogen-bond acceptors (Lipinski definition) is 7. The molecule has 1 spiro atoms. The number of hydrogen-bond donors (Lipinski definition) is 2. The van der Waals surface area contributed by atoms with Crippen molar-refractivity contribution < 1.29 is 32.3 Å². The van der Waals surface area contributed by atoms with Crippen molar-refractivity contribution in [2.45, 2.75) is 43.0 Å². The molecule has 1 aromatic carbocycles. The molecule has 3 aliphatic rings. The van der Waals surface area contributed by atoms with Crippen LogP contribution in [-0.2, 0) is 24.3 Å². The van der Waals surface area contributed by atoms with Crippen molar-refractivity contribution in [3.63, 3.8) is 0 Å². The number of nitrogens with zero attached hydrogens (tertiary/aromatic N) is 2. The first-order chi connectivity index (χ1) is 16.2. The number of urea groups is 1. The number of nitrogens with one attached hydrogen (secondary N) is 2. The number of carbonyl (C=O) groups excluding carboxylic acids is 3. The van der Waals surface area contributed by atoms with Crippen molar-refractivity contribution in [1.82, 2.24) is 14.5 Å². The van der Waals surface area contributed by atoms with Crippen molar-refractivity contribution in [2.24, 2.45) is 5.92 Å². The summed E-state index contributed by atoms with van der Waals surface area (Å²) >= 11 is 0.